The topological polar surface area (TPSA) is 64.3 Å². The van der Waals surface area contributed by atoms with Gasteiger partial charge in [0.25, 0.3) is 0 Å². The molecule has 1 aromatic carbocycles. The lowest BCUT2D eigenvalue weighted by Crippen LogP contribution is -2.39. The Morgan fingerprint density at radius 2 is 1.75 bits per heavy atom. The van der Waals surface area contributed by atoms with Crippen molar-refractivity contribution in [3.05, 3.63) is 29.8 Å². The van der Waals surface area contributed by atoms with Gasteiger partial charge in [-0.1, -0.05) is 25.1 Å². The first-order valence-electron chi connectivity index (χ1n) is 7.14. The summed E-state index contributed by atoms with van der Waals surface area (Å²) < 4.78 is 5.78. The molecule has 0 aliphatic rings. The van der Waals surface area contributed by atoms with Gasteiger partial charge in [0.15, 0.2) is 0 Å². The van der Waals surface area contributed by atoms with Crippen LogP contribution in [-0.4, -0.2) is 18.1 Å². The summed E-state index contributed by atoms with van der Waals surface area (Å²) in [7, 11) is 0. The van der Waals surface area contributed by atoms with Crippen molar-refractivity contribution >= 4 is 5.91 Å². The second-order valence-corrected chi connectivity index (χ2v) is 5.58. The molecule has 0 fully saturated rings. The van der Waals surface area contributed by atoms with Crippen LogP contribution in [0.5, 0.6) is 5.75 Å². The van der Waals surface area contributed by atoms with Crippen LogP contribution in [-0.2, 0) is 4.79 Å². The monoisotopic (exact) mass is 278 g/mol. The Kier molecular flexibility index (Phi) is 6.02. The van der Waals surface area contributed by atoms with Crippen molar-refractivity contribution in [2.75, 3.05) is 0 Å². The zero-order valence-corrected chi connectivity index (χ0v) is 13.0. The molecule has 0 bridgehead atoms. The Morgan fingerprint density at radius 3 is 2.30 bits per heavy atom. The van der Waals surface area contributed by atoms with Gasteiger partial charge < -0.3 is 15.8 Å². The molecule has 4 nitrogen and oxygen atoms in total. The normalized spacial score (nSPS) is 15.6. The summed E-state index contributed by atoms with van der Waals surface area (Å²) in [6.07, 6.45) is 0.0991. The highest BCUT2D eigenvalue weighted by molar-refractivity contribution is 5.79. The molecule has 20 heavy (non-hydrogen) atoms. The average molecular weight is 278 g/mol. The van der Waals surface area contributed by atoms with Crippen molar-refractivity contribution in [3.63, 3.8) is 0 Å². The van der Waals surface area contributed by atoms with Gasteiger partial charge in [-0.25, -0.2) is 0 Å². The van der Waals surface area contributed by atoms with Crippen LogP contribution >= 0.6 is 0 Å². The minimum absolute atomic E-state index is 0.0353. The van der Waals surface area contributed by atoms with E-state index in [1.807, 2.05) is 58.9 Å². The molecule has 0 radical (unpaired) electrons. The summed E-state index contributed by atoms with van der Waals surface area (Å²) in [5.41, 5.74) is 6.74. The van der Waals surface area contributed by atoms with Crippen LogP contribution in [0.2, 0.25) is 0 Å². The maximum absolute atomic E-state index is 12.1. The van der Waals surface area contributed by atoms with Crippen LogP contribution in [0.1, 0.15) is 46.2 Å². The molecule has 0 heterocycles. The Labute approximate surface area is 121 Å². The average Bonchev–Trinajstić information content (AvgIpc) is 2.37. The van der Waals surface area contributed by atoms with E-state index in [9.17, 15) is 4.79 Å². The fraction of sp³-hybridized carbons (Fsp3) is 0.562. The molecule has 0 saturated heterocycles. The van der Waals surface area contributed by atoms with Crippen LogP contribution in [0.3, 0.4) is 0 Å². The number of carbonyl (C=O) groups is 1. The number of hydrogen-bond donors (Lipinski definition) is 2. The molecule has 0 aliphatic heterocycles. The molecule has 0 spiro atoms. The molecule has 3 atom stereocenters. The largest absolute Gasteiger partial charge is 0.491 e. The first-order chi connectivity index (χ1) is 9.32. The second kappa shape index (κ2) is 7.29. The number of amides is 1. The minimum Gasteiger partial charge on any atom is -0.491 e. The number of para-hydroxylation sites is 1. The minimum atomic E-state index is -0.212. The fourth-order valence-corrected chi connectivity index (χ4v) is 1.86. The first kappa shape index (κ1) is 16.5. The molecule has 0 aliphatic carbocycles. The van der Waals surface area contributed by atoms with E-state index in [0.717, 1.165) is 11.3 Å². The third kappa shape index (κ3) is 4.53. The van der Waals surface area contributed by atoms with Crippen LogP contribution < -0.4 is 15.8 Å². The Bertz CT molecular complexity index is 444. The number of nitrogens with two attached hydrogens (primary N) is 1. The maximum atomic E-state index is 12.1. The van der Waals surface area contributed by atoms with Crippen molar-refractivity contribution in [2.45, 2.75) is 52.8 Å². The number of benzene rings is 1. The van der Waals surface area contributed by atoms with Gasteiger partial charge in [-0.05, 0) is 33.8 Å². The quantitative estimate of drug-likeness (QED) is 0.840. The molecule has 4 heteroatoms. The van der Waals surface area contributed by atoms with Crippen molar-refractivity contribution in [1.82, 2.24) is 5.32 Å². The zero-order chi connectivity index (χ0) is 15.3. The number of rotatable bonds is 6. The molecule has 0 aromatic heterocycles. The predicted octanol–water partition coefficient (Wildman–Crippen LogP) is 2.63. The lowest BCUT2D eigenvalue weighted by atomic mass is 10.0. The van der Waals surface area contributed by atoms with Gasteiger partial charge in [-0.2, -0.15) is 0 Å². The summed E-state index contributed by atoms with van der Waals surface area (Å²) in [5.74, 6) is 0.561. The second-order valence-electron chi connectivity index (χ2n) is 5.58. The molecule has 0 saturated carbocycles. The lowest BCUT2D eigenvalue weighted by molar-refractivity contribution is -0.125. The van der Waals surface area contributed by atoms with Crippen molar-refractivity contribution in [1.29, 1.82) is 0 Å². The van der Waals surface area contributed by atoms with E-state index in [2.05, 4.69) is 5.32 Å². The van der Waals surface area contributed by atoms with E-state index < -0.39 is 0 Å². The SMILES string of the molecule is CC(C)Oc1ccccc1C(C)NC(=O)C(C)C(C)N. The van der Waals surface area contributed by atoms with Crippen LogP contribution in [0.15, 0.2) is 24.3 Å². The molecule has 112 valence electrons. The highest BCUT2D eigenvalue weighted by Gasteiger charge is 2.20. The van der Waals surface area contributed by atoms with E-state index in [-0.39, 0.29) is 30.0 Å². The Hall–Kier alpha value is -1.55. The first-order valence-corrected chi connectivity index (χ1v) is 7.14. The fourth-order valence-electron chi connectivity index (χ4n) is 1.86. The number of carbonyl (C=O) groups excluding carboxylic acids is 1. The number of hydrogen-bond acceptors (Lipinski definition) is 3. The third-order valence-corrected chi connectivity index (χ3v) is 3.31. The molecule has 1 rings (SSSR count). The standard InChI is InChI=1S/C16H26N2O2/c1-10(2)20-15-9-7-6-8-14(15)13(5)18-16(19)11(3)12(4)17/h6-13H,17H2,1-5H3,(H,18,19). The van der Waals surface area contributed by atoms with Crippen molar-refractivity contribution < 1.29 is 9.53 Å². The summed E-state index contributed by atoms with van der Waals surface area (Å²) in [6.45, 7) is 9.60. The van der Waals surface area contributed by atoms with E-state index in [0.29, 0.717) is 0 Å². The molecular weight excluding hydrogens is 252 g/mol. The van der Waals surface area contributed by atoms with Gasteiger partial charge in [0.2, 0.25) is 5.91 Å². The summed E-state index contributed by atoms with van der Waals surface area (Å²) in [5, 5.41) is 2.99. The van der Waals surface area contributed by atoms with Crippen LogP contribution in [0.4, 0.5) is 0 Å². The van der Waals surface area contributed by atoms with Crippen molar-refractivity contribution in [3.8, 4) is 5.75 Å². The summed E-state index contributed by atoms with van der Waals surface area (Å²) in [6, 6.07) is 7.50. The molecule has 1 amide bonds. The third-order valence-electron chi connectivity index (χ3n) is 3.31. The summed E-state index contributed by atoms with van der Waals surface area (Å²) >= 11 is 0. The van der Waals surface area contributed by atoms with Crippen LogP contribution in [0, 0.1) is 5.92 Å². The van der Waals surface area contributed by atoms with Crippen molar-refractivity contribution in [2.24, 2.45) is 11.7 Å². The molecular formula is C16H26N2O2. The predicted molar refractivity (Wildman–Crippen MR) is 81.6 cm³/mol. The molecule has 3 unspecified atom stereocenters. The van der Waals surface area contributed by atoms with Gasteiger partial charge >= 0.3 is 0 Å². The van der Waals surface area contributed by atoms with Gasteiger partial charge in [-0.3, -0.25) is 4.79 Å². The van der Waals surface area contributed by atoms with E-state index in [1.165, 1.54) is 0 Å². The van der Waals surface area contributed by atoms with Crippen LogP contribution in [0.25, 0.3) is 0 Å². The van der Waals surface area contributed by atoms with E-state index >= 15 is 0 Å². The summed E-state index contributed by atoms with van der Waals surface area (Å²) in [4.78, 5) is 12.1. The highest BCUT2D eigenvalue weighted by Crippen LogP contribution is 2.26. The number of nitrogens with one attached hydrogen (secondary N) is 1. The Balaban J connectivity index is 2.82. The maximum Gasteiger partial charge on any atom is 0.224 e. The van der Waals surface area contributed by atoms with Gasteiger partial charge in [-0.15, -0.1) is 0 Å². The van der Waals surface area contributed by atoms with Gasteiger partial charge in [0, 0.05) is 17.5 Å². The van der Waals surface area contributed by atoms with E-state index in [1.54, 1.807) is 0 Å². The van der Waals surface area contributed by atoms with E-state index in [4.69, 9.17) is 10.5 Å². The van der Waals surface area contributed by atoms with Gasteiger partial charge in [0.1, 0.15) is 5.75 Å². The number of ether oxygens (including phenoxy) is 1. The molecule has 3 N–H and O–H groups in total. The lowest BCUT2D eigenvalue weighted by Gasteiger charge is -2.22. The van der Waals surface area contributed by atoms with Gasteiger partial charge in [0.05, 0.1) is 12.1 Å². The zero-order valence-electron chi connectivity index (χ0n) is 13.0. The molecule has 1 aromatic rings. The highest BCUT2D eigenvalue weighted by atomic mass is 16.5. The Morgan fingerprint density at radius 1 is 1.15 bits per heavy atom. The smallest absolute Gasteiger partial charge is 0.224 e.